The molecule has 0 aromatic carbocycles. The Balaban J connectivity index is 0.00000243. The second-order valence-electron chi connectivity index (χ2n) is 8.28. The number of hydrogen-bond acceptors (Lipinski definition) is 2. The van der Waals surface area contributed by atoms with Gasteiger partial charge in [0.1, 0.15) is 0 Å². The average Bonchev–Trinajstić information content (AvgIpc) is 3.05. The van der Waals surface area contributed by atoms with E-state index in [0.717, 1.165) is 56.9 Å². The van der Waals surface area contributed by atoms with Crippen LogP contribution >= 0.6 is 24.0 Å². The molecule has 0 spiro atoms. The second kappa shape index (κ2) is 10.7. The number of rotatable bonds is 4. The number of guanidine groups is 1. The molecule has 3 aliphatic rings. The third-order valence-corrected chi connectivity index (χ3v) is 6.21. The Morgan fingerprint density at radius 1 is 1.04 bits per heavy atom. The van der Waals surface area contributed by atoms with Gasteiger partial charge in [-0.2, -0.15) is 0 Å². The van der Waals surface area contributed by atoms with E-state index in [2.05, 4.69) is 24.1 Å². The molecule has 2 aliphatic heterocycles. The predicted molar refractivity (Wildman–Crippen MR) is 118 cm³/mol. The van der Waals surface area contributed by atoms with Gasteiger partial charge in [0.05, 0.1) is 6.54 Å². The Morgan fingerprint density at radius 3 is 2.35 bits per heavy atom. The lowest BCUT2D eigenvalue weighted by molar-refractivity contribution is -0.132. The van der Waals surface area contributed by atoms with Gasteiger partial charge in [-0.15, -0.1) is 24.0 Å². The summed E-state index contributed by atoms with van der Waals surface area (Å²) in [6.07, 6.45) is 8.50. The van der Waals surface area contributed by atoms with Crippen LogP contribution in [0.15, 0.2) is 4.99 Å². The number of carbonyl (C=O) groups is 1. The van der Waals surface area contributed by atoms with Crippen molar-refractivity contribution >= 4 is 35.8 Å². The zero-order valence-corrected chi connectivity index (χ0v) is 18.9. The number of likely N-dealkylation sites (tertiary alicyclic amines) is 2. The molecular formula is C20H37IN4O. The van der Waals surface area contributed by atoms with Crippen LogP contribution in [-0.2, 0) is 4.79 Å². The fraction of sp³-hybridized carbons (Fsp3) is 0.900. The maximum atomic E-state index is 12.4. The van der Waals surface area contributed by atoms with E-state index in [4.69, 9.17) is 4.99 Å². The van der Waals surface area contributed by atoms with Gasteiger partial charge in [0, 0.05) is 39.1 Å². The van der Waals surface area contributed by atoms with E-state index in [-0.39, 0.29) is 29.9 Å². The number of fused-ring (bicyclic) bond motifs is 1. The van der Waals surface area contributed by atoms with E-state index in [1.54, 1.807) is 0 Å². The highest BCUT2D eigenvalue weighted by Gasteiger charge is 2.35. The van der Waals surface area contributed by atoms with Crippen LogP contribution in [0.1, 0.15) is 58.8 Å². The first-order chi connectivity index (χ1) is 12.2. The van der Waals surface area contributed by atoms with E-state index in [0.29, 0.717) is 18.9 Å². The van der Waals surface area contributed by atoms with Crippen LogP contribution in [0.25, 0.3) is 0 Å². The molecule has 1 N–H and O–H groups in total. The molecule has 1 aliphatic carbocycles. The highest BCUT2D eigenvalue weighted by molar-refractivity contribution is 14.0. The Bertz CT molecular complexity index is 470. The van der Waals surface area contributed by atoms with Gasteiger partial charge < -0.3 is 15.1 Å². The molecule has 2 heterocycles. The van der Waals surface area contributed by atoms with Crippen molar-refractivity contribution in [3.8, 4) is 0 Å². The van der Waals surface area contributed by atoms with Gasteiger partial charge in [-0.25, -0.2) is 0 Å². The van der Waals surface area contributed by atoms with Gasteiger partial charge in [-0.1, -0.05) is 19.8 Å². The first-order valence-corrected chi connectivity index (χ1v) is 10.5. The molecular weight excluding hydrogens is 439 g/mol. The topological polar surface area (TPSA) is 47.9 Å². The van der Waals surface area contributed by atoms with Gasteiger partial charge >= 0.3 is 0 Å². The molecule has 6 heteroatoms. The largest absolute Gasteiger partial charge is 0.357 e. The summed E-state index contributed by atoms with van der Waals surface area (Å²) >= 11 is 0. The minimum Gasteiger partial charge on any atom is -0.357 e. The Hall–Kier alpha value is -0.530. The van der Waals surface area contributed by atoms with Gasteiger partial charge in [0.25, 0.3) is 0 Å². The Morgan fingerprint density at radius 2 is 1.73 bits per heavy atom. The highest BCUT2D eigenvalue weighted by atomic mass is 127. The van der Waals surface area contributed by atoms with Gasteiger partial charge in [-0.3, -0.25) is 9.79 Å². The molecule has 3 unspecified atom stereocenters. The van der Waals surface area contributed by atoms with Crippen LogP contribution in [0.3, 0.4) is 0 Å². The van der Waals surface area contributed by atoms with Crippen molar-refractivity contribution in [2.45, 2.75) is 58.8 Å². The summed E-state index contributed by atoms with van der Waals surface area (Å²) in [4.78, 5) is 21.7. The summed E-state index contributed by atoms with van der Waals surface area (Å²) in [5.41, 5.74) is 0. The smallest absolute Gasteiger partial charge is 0.224 e. The van der Waals surface area contributed by atoms with E-state index < -0.39 is 0 Å². The molecule has 3 rings (SSSR count). The number of nitrogens with one attached hydrogen (secondary N) is 1. The van der Waals surface area contributed by atoms with E-state index in [9.17, 15) is 4.79 Å². The zero-order valence-electron chi connectivity index (χ0n) is 16.6. The molecule has 0 aromatic heterocycles. The first kappa shape index (κ1) is 21.8. The van der Waals surface area contributed by atoms with E-state index in [1.807, 2.05) is 4.90 Å². The molecule has 3 fully saturated rings. The number of carbonyl (C=O) groups excluding carboxylic acids is 1. The number of hydrogen-bond donors (Lipinski definition) is 1. The maximum absolute atomic E-state index is 12.4. The van der Waals surface area contributed by atoms with Gasteiger partial charge in [0.15, 0.2) is 5.96 Å². The molecule has 0 radical (unpaired) electrons. The zero-order chi connectivity index (χ0) is 17.6. The molecule has 150 valence electrons. The van der Waals surface area contributed by atoms with Crippen molar-refractivity contribution in [2.24, 2.45) is 22.7 Å². The lowest BCUT2D eigenvalue weighted by Crippen LogP contribution is -2.41. The average molecular weight is 476 g/mol. The number of amides is 1. The third kappa shape index (κ3) is 5.73. The monoisotopic (exact) mass is 476 g/mol. The van der Waals surface area contributed by atoms with Gasteiger partial charge in [0.2, 0.25) is 5.91 Å². The molecule has 3 atom stereocenters. The molecule has 1 saturated carbocycles. The van der Waals surface area contributed by atoms with Crippen LogP contribution in [0.5, 0.6) is 0 Å². The normalized spacial score (nSPS) is 29.2. The lowest BCUT2D eigenvalue weighted by Gasteiger charge is -2.31. The number of aliphatic imine (C=N–C) groups is 1. The van der Waals surface area contributed by atoms with Crippen molar-refractivity contribution in [2.75, 3.05) is 39.3 Å². The van der Waals surface area contributed by atoms with Gasteiger partial charge in [-0.05, 0) is 50.4 Å². The van der Waals surface area contributed by atoms with Crippen LogP contribution in [0, 0.1) is 17.8 Å². The lowest BCUT2D eigenvalue weighted by atomic mass is 9.82. The Labute approximate surface area is 176 Å². The third-order valence-electron chi connectivity index (χ3n) is 6.21. The molecule has 26 heavy (non-hydrogen) atoms. The van der Waals surface area contributed by atoms with Crippen LogP contribution in [0.2, 0.25) is 0 Å². The standard InChI is InChI=1S/C20H36N4O.HI/c1-3-21-20(24-14-17-8-4-5-9-18(17)15-24)22-11-10-19(25)23-12-6-7-16(2)13-23;/h16-18H,3-15H2,1-2H3,(H,21,22);1H. The SMILES string of the molecule is CCNC(=NCCC(=O)N1CCCC(C)C1)N1CC2CCCCC2C1.I. The number of halogens is 1. The molecule has 0 aromatic rings. The van der Waals surface area contributed by atoms with Crippen molar-refractivity contribution in [1.29, 1.82) is 0 Å². The minimum absolute atomic E-state index is 0. The predicted octanol–water partition coefficient (Wildman–Crippen LogP) is 3.34. The maximum Gasteiger partial charge on any atom is 0.224 e. The fourth-order valence-electron chi connectivity index (χ4n) is 4.84. The van der Waals surface area contributed by atoms with Crippen LogP contribution < -0.4 is 5.32 Å². The van der Waals surface area contributed by atoms with E-state index in [1.165, 1.54) is 32.1 Å². The molecule has 2 saturated heterocycles. The number of piperidine rings is 1. The summed E-state index contributed by atoms with van der Waals surface area (Å²) in [5, 5.41) is 3.45. The summed E-state index contributed by atoms with van der Waals surface area (Å²) in [6.45, 7) is 10.0. The van der Waals surface area contributed by atoms with Crippen molar-refractivity contribution in [1.82, 2.24) is 15.1 Å². The quantitative estimate of drug-likeness (QED) is 0.385. The molecule has 0 bridgehead atoms. The summed E-state index contributed by atoms with van der Waals surface area (Å²) < 4.78 is 0. The van der Waals surface area contributed by atoms with Crippen molar-refractivity contribution in [3.63, 3.8) is 0 Å². The van der Waals surface area contributed by atoms with Crippen molar-refractivity contribution < 1.29 is 4.79 Å². The minimum atomic E-state index is 0. The first-order valence-electron chi connectivity index (χ1n) is 10.5. The van der Waals surface area contributed by atoms with Crippen molar-refractivity contribution in [3.05, 3.63) is 0 Å². The summed E-state index contributed by atoms with van der Waals surface area (Å²) in [7, 11) is 0. The summed E-state index contributed by atoms with van der Waals surface area (Å²) in [6, 6.07) is 0. The molecule has 5 nitrogen and oxygen atoms in total. The second-order valence-corrected chi connectivity index (χ2v) is 8.28. The van der Waals surface area contributed by atoms with Crippen LogP contribution in [-0.4, -0.2) is 60.9 Å². The van der Waals surface area contributed by atoms with E-state index >= 15 is 0 Å². The molecule has 1 amide bonds. The highest BCUT2D eigenvalue weighted by Crippen LogP contribution is 2.35. The number of nitrogens with zero attached hydrogens (tertiary/aromatic N) is 3. The summed E-state index contributed by atoms with van der Waals surface area (Å²) in [5.74, 6) is 3.66. The van der Waals surface area contributed by atoms with Crippen LogP contribution in [0.4, 0.5) is 0 Å². The Kier molecular flexibility index (Phi) is 8.97. The fourth-order valence-corrected chi connectivity index (χ4v) is 4.84.